The minimum atomic E-state index is -0.679. The summed E-state index contributed by atoms with van der Waals surface area (Å²) in [5, 5.41) is 18.8. The first-order valence-corrected chi connectivity index (χ1v) is 6.71. The molecule has 0 aliphatic rings. The van der Waals surface area contributed by atoms with Crippen LogP contribution in [0.1, 0.15) is 13.8 Å². The van der Waals surface area contributed by atoms with Gasteiger partial charge in [-0.1, -0.05) is 30.3 Å². The standard InChI is InChI=1S/C15H20N4O2/c1-15(2,10-20)17-14(21)16-13-9-12(19(3)18-13)11-7-5-4-6-8-11/h4-9,20H,10H2,1-3H3,(H2,16,17,18,21). The number of anilines is 1. The van der Waals surface area contributed by atoms with Crippen LogP contribution in [-0.2, 0) is 7.05 Å². The number of rotatable bonds is 4. The predicted octanol–water partition coefficient (Wildman–Crippen LogP) is 1.98. The number of aromatic nitrogens is 2. The van der Waals surface area contributed by atoms with Crippen molar-refractivity contribution in [2.24, 2.45) is 7.05 Å². The number of carbonyl (C=O) groups excluding carboxylic acids is 1. The summed E-state index contributed by atoms with van der Waals surface area (Å²) in [6, 6.07) is 11.2. The van der Waals surface area contributed by atoms with E-state index in [-0.39, 0.29) is 6.61 Å². The molecule has 6 heteroatoms. The van der Waals surface area contributed by atoms with Crippen molar-refractivity contribution in [3.05, 3.63) is 36.4 Å². The van der Waals surface area contributed by atoms with Crippen molar-refractivity contribution >= 4 is 11.8 Å². The minimum absolute atomic E-state index is 0.141. The van der Waals surface area contributed by atoms with Crippen molar-refractivity contribution in [2.75, 3.05) is 11.9 Å². The minimum Gasteiger partial charge on any atom is -0.394 e. The van der Waals surface area contributed by atoms with E-state index in [1.54, 1.807) is 24.6 Å². The van der Waals surface area contributed by atoms with Gasteiger partial charge in [-0.25, -0.2) is 4.79 Å². The number of benzene rings is 1. The number of amides is 2. The normalized spacial score (nSPS) is 11.2. The molecular weight excluding hydrogens is 268 g/mol. The first-order valence-electron chi connectivity index (χ1n) is 6.71. The summed E-state index contributed by atoms with van der Waals surface area (Å²) in [5.41, 5.74) is 1.25. The second-order valence-electron chi connectivity index (χ2n) is 5.53. The zero-order chi connectivity index (χ0) is 15.5. The number of nitrogens with zero attached hydrogens (tertiary/aromatic N) is 2. The topological polar surface area (TPSA) is 79.2 Å². The first kappa shape index (κ1) is 15.1. The lowest BCUT2D eigenvalue weighted by atomic mass is 10.1. The summed E-state index contributed by atoms with van der Waals surface area (Å²) in [6.45, 7) is 3.33. The van der Waals surface area contributed by atoms with Crippen molar-refractivity contribution in [1.29, 1.82) is 0 Å². The fourth-order valence-electron chi connectivity index (χ4n) is 1.90. The van der Waals surface area contributed by atoms with Gasteiger partial charge in [0.1, 0.15) is 0 Å². The van der Waals surface area contributed by atoms with Gasteiger partial charge >= 0.3 is 6.03 Å². The molecule has 112 valence electrons. The van der Waals surface area contributed by atoms with Gasteiger partial charge in [-0.3, -0.25) is 10.00 Å². The molecule has 0 saturated carbocycles. The molecule has 0 atom stereocenters. The Bertz CT molecular complexity index is 620. The Morgan fingerprint density at radius 2 is 2.00 bits per heavy atom. The molecule has 0 radical (unpaired) electrons. The Balaban J connectivity index is 2.11. The highest BCUT2D eigenvalue weighted by Gasteiger charge is 2.19. The second-order valence-corrected chi connectivity index (χ2v) is 5.53. The third-order valence-corrected chi connectivity index (χ3v) is 3.04. The van der Waals surface area contributed by atoms with Gasteiger partial charge in [0, 0.05) is 13.1 Å². The number of hydrogen-bond donors (Lipinski definition) is 3. The quantitative estimate of drug-likeness (QED) is 0.805. The fraction of sp³-hybridized carbons (Fsp3) is 0.333. The van der Waals surface area contributed by atoms with Gasteiger partial charge in [0.15, 0.2) is 5.82 Å². The Labute approximate surface area is 123 Å². The number of carbonyl (C=O) groups is 1. The smallest absolute Gasteiger partial charge is 0.320 e. The highest BCUT2D eigenvalue weighted by molar-refractivity contribution is 5.89. The van der Waals surface area contributed by atoms with E-state index in [4.69, 9.17) is 5.11 Å². The van der Waals surface area contributed by atoms with Crippen LogP contribution in [0.4, 0.5) is 10.6 Å². The van der Waals surface area contributed by atoms with Crippen molar-refractivity contribution in [2.45, 2.75) is 19.4 Å². The van der Waals surface area contributed by atoms with E-state index >= 15 is 0 Å². The summed E-state index contributed by atoms with van der Waals surface area (Å²) in [4.78, 5) is 11.9. The van der Waals surface area contributed by atoms with Gasteiger partial charge in [0.25, 0.3) is 0 Å². The van der Waals surface area contributed by atoms with Crippen LogP contribution in [0.25, 0.3) is 11.3 Å². The number of urea groups is 1. The maximum atomic E-state index is 11.9. The third kappa shape index (κ3) is 3.82. The molecule has 2 rings (SSSR count). The Hall–Kier alpha value is -2.34. The van der Waals surface area contributed by atoms with Gasteiger partial charge in [0.05, 0.1) is 17.8 Å². The number of aliphatic hydroxyl groups excluding tert-OH is 1. The highest BCUT2D eigenvalue weighted by atomic mass is 16.3. The molecule has 0 aliphatic carbocycles. The zero-order valence-electron chi connectivity index (χ0n) is 12.4. The first-order chi connectivity index (χ1) is 9.91. The lowest BCUT2D eigenvalue weighted by molar-refractivity contribution is 0.187. The molecule has 0 fully saturated rings. The maximum Gasteiger partial charge on any atom is 0.320 e. The second kappa shape index (κ2) is 5.97. The summed E-state index contributed by atoms with van der Waals surface area (Å²) in [7, 11) is 1.82. The summed E-state index contributed by atoms with van der Waals surface area (Å²) >= 11 is 0. The molecule has 1 aromatic heterocycles. The zero-order valence-corrected chi connectivity index (χ0v) is 12.4. The van der Waals surface area contributed by atoms with Crippen LogP contribution in [0.15, 0.2) is 36.4 Å². The molecule has 0 spiro atoms. The van der Waals surface area contributed by atoms with Crippen LogP contribution in [-0.4, -0.2) is 33.1 Å². The molecule has 0 saturated heterocycles. The van der Waals surface area contributed by atoms with Crippen molar-refractivity contribution < 1.29 is 9.90 Å². The van der Waals surface area contributed by atoms with E-state index in [9.17, 15) is 4.79 Å². The monoisotopic (exact) mass is 288 g/mol. The molecular formula is C15H20N4O2. The Morgan fingerprint density at radius 1 is 1.33 bits per heavy atom. The summed E-state index contributed by atoms with van der Waals surface area (Å²) in [6.07, 6.45) is 0. The van der Waals surface area contributed by atoms with Gasteiger partial charge in [-0.2, -0.15) is 5.10 Å². The van der Waals surface area contributed by atoms with Gasteiger partial charge in [0.2, 0.25) is 0 Å². The molecule has 21 heavy (non-hydrogen) atoms. The van der Waals surface area contributed by atoms with E-state index in [2.05, 4.69) is 15.7 Å². The van der Waals surface area contributed by atoms with E-state index in [0.717, 1.165) is 11.3 Å². The SMILES string of the molecule is Cn1nc(NC(=O)NC(C)(C)CO)cc1-c1ccccc1. The van der Waals surface area contributed by atoms with Crippen LogP contribution in [0.5, 0.6) is 0 Å². The molecule has 6 nitrogen and oxygen atoms in total. The lowest BCUT2D eigenvalue weighted by Gasteiger charge is -2.23. The highest BCUT2D eigenvalue weighted by Crippen LogP contribution is 2.21. The van der Waals surface area contributed by atoms with E-state index in [1.807, 2.05) is 37.4 Å². The summed E-state index contributed by atoms with van der Waals surface area (Å²) in [5.74, 6) is 0.461. The molecule has 2 aromatic rings. The largest absolute Gasteiger partial charge is 0.394 e. The van der Waals surface area contributed by atoms with Crippen molar-refractivity contribution in [3.8, 4) is 11.3 Å². The average molecular weight is 288 g/mol. The molecule has 0 bridgehead atoms. The van der Waals surface area contributed by atoms with Crippen LogP contribution >= 0.6 is 0 Å². The molecule has 2 amide bonds. The lowest BCUT2D eigenvalue weighted by Crippen LogP contribution is -2.48. The van der Waals surface area contributed by atoms with E-state index in [0.29, 0.717) is 5.82 Å². The molecule has 1 heterocycles. The van der Waals surface area contributed by atoms with Crippen LogP contribution in [0.3, 0.4) is 0 Å². The fourth-order valence-corrected chi connectivity index (χ4v) is 1.90. The van der Waals surface area contributed by atoms with Crippen molar-refractivity contribution in [3.63, 3.8) is 0 Å². The van der Waals surface area contributed by atoms with Gasteiger partial charge in [-0.15, -0.1) is 0 Å². The van der Waals surface area contributed by atoms with Gasteiger partial charge < -0.3 is 10.4 Å². The number of hydrogen-bond acceptors (Lipinski definition) is 3. The summed E-state index contributed by atoms with van der Waals surface area (Å²) < 4.78 is 1.71. The Morgan fingerprint density at radius 3 is 2.62 bits per heavy atom. The maximum absolute atomic E-state index is 11.9. The predicted molar refractivity (Wildman–Crippen MR) is 82.0 cm³/mol. The number of nitrogens with one attached hydrogen (secondary N) is 2. The van der Waals surface area contributed by atoms with Gasteiger partial charge in [-0.05, 0) is 19.4 Å². The molecule has 0 aliphatic heterocycles. The van der Waals surface area contributed by atoms with Crippen molar-refractivity contribution in [1.82, 2.24) is 15.1 Å². The van der Waals surface area contributed by atoms with E-state index in [1.165, 1.54) is 0 Å². The number of aryl methyl sites for hydroxylation is 1. The van der Waals surface area contributed by atoms with Crippen LogP contribution in [0, 0.1) is 0 Å². The molecule has 0 unspecified atom stereocenters. The van der Waals surface area contributed by atoms with Crippen LogP contribution in [0.2, 0.25) is 0 Å². The van der Waals surface area contributed by atoms with Crippen LogP contribution < -0.4 is 10.6 Å². The molecule has 1 aromatic carbocycles. The number of aliphatic hydroxyl groups is 1. The molecule has 3 N–H and O–H groups in total. The average Bonchev–Trinajstić information content (AvgIpc) is 2.79. The van der Waals surface area contributed by atoms with E-state index < -0.39 is 11.6 Å². The Kier molecular flexibility index (Phi) is 4.28. The third-order valence-electron chi connectivity index (χ3n) is 3.04.